The van der Waals surface area contributed by atoms with Crippen molar-refractivity contribution in [2.45, 2.75) is 12.8 Å². The number of ether oxygens (including phenoxy) is 1. The van der Waals surface area contributed by atoms with Crippen molar-refractivity contribution in [1.29, 1.82) is 0 Å². The Hall–Kier alpha value is -2.15. The second-order valence-corrected chi connectivity index (χ2v) is 4.89. The Labute approximate surface area is 121 Å². The van der Waals surface area contributed by atoms with Crippen LogP contribution in [-0.2, 0) is 4.74 Å². The molecule has 7 heteroatoms. The Morgan fingerprint density at radius 3 is 2.71 bits per heavy atom. The number of anilines is 1. The number of carboxylic acid groups (broad SMARTS) is 1. The molecule has 1 aliphatic rings. The van der Waals surface area contributed by atoms with E-state index in [-0.39, 0.29) is 11.3 Å². The van der Waals surface area contributed by atoms with Crippen LogP contribution in [-0.4, -0.2) is 36.9 Å². The molecule has 0 unspecified atom stereocenters. The van der Waals surface area contributed by atoms with Crippen LogP contribution in [0.1, 0.15) is 23.2 Å². The fourth-order valence-corrected chi connectivity index (χ4v) is 2.16. The molecule has 21 heavy (non-hydrogen) atoms. The third-order valence-electron chi connectivity index (χ3n) is 3.35. The number of rotatable bonds is 4. The lowest BCUT2D eigenvalue weighted by Gasteiger charge is -2.22. The van der Waals surface area contributed by atoms with E-state index in [4.69, 9.17) is 9.84 Å². The average Bonchev–Trinajstić information content (AvgIpc) is 2.48. The summed E-state index contributed by atoms with van der Waals surface area (Å²) in [7, 11) is 0. The molecule has 6 nitrogen and oxygen atoms in total. The summed E-state index contributed by atoms with van der Waals surface area (Å²) in [5.41, 5.74) is -0.218. The van der Waals surface area contributed by atoms with E-state index in [1.807, 2.05) is 0 Å². The Balaban J connectivity index is 1.91. The third kappa shape index (κ3) is 4.42. The molecular weight excluding hydrogens is 279 g/mol. The van der Waals surface area contributed by atoms with Crippen molar-refractivity contribution in [3.8, 4) is 0 Å². The number of benzene rings is 1. The highest BCUT2D eigenvalue weighted by Crippen LogP contribution is 2.17. The van der Waals surface area contributed by atoms with Crippen molar-refractivity contribution in [3.63, 3.8) is 0 Å². The van der Waals surface area contributed by atoms with Crippen molar-refractivity contribution in [2.24, 2.45) is 5.92 Å². The average molecular weight is 296 g/mol. The van der Waals surface area contributed by atoms with Crippen LogP contribution in [0.15, 0.2) is 18.2 Å². The van der Waals surface area contributed by atoms with Gasteiger partial charge in [0.25, 0.3) is 0 Å². The number of aromatic carboxylic acids is 1. The summed E-state index contributed by atoms with van der Waals surface area (Å²) in [5.74, 6) is -1.61. The molecule has 1 fully saturated rings. The molecule has 1 aromatic rings. The van der Waals surface area contributed by atoms with Crippen LogP contribution in [0.5, 0.6) is 0 Å². The molecule has 0 atom stereocenters. The topological polar surface area (TPSA) is 87.7 Å². The van der Waals surface area contributed by atoms with Gasteiger partial charge in [0.2, 0.25) is 0 Å². The van der Waals surface area contributed by atoms with Gasteiger partial charge in [0.05, 0.1) is 11.3 Å². The van der Waals surface area contributed by atoms with Crippen molar-refractivity contribution in [1.82, 2.24) is 5.32 Å². The van der Waals surface area contributed by atoms with E-state index < -0.39 is 17.8 Å². The van der Waals surface area contributed by atoms with Gasteiger partial charge in [-0.1, -0.05) is 0 Å². The number of hydrogen-bond acceptors (Lipinski definition) is 3. The Morgan fingerprint density at radius 1 is 1.33 bits per heavy atom. The number of carboxylic acids is 1. The maximum Gasteiger partial charge on any atom is 0.337 e. The first-order valence-corrected chi connectivity index (χ1v) is 6.71. The highest BCUT2D eigenvalue weighted by Gasteiger charge is 2.16. The molecule has 2 amide bonds. The second kappa shape index (κ2) is 7.03. The van der Waals surface area contributed by atoms with Crippen LogP contribution in [0.25, 0.3) is 0 Å². The van der Waals surface area contributed by atoms with Gasteiger partial charge in [-0.3, -0.25) is 0 Å². The van der Waals surface area contributed by atoms with Crippen LogP contribution >= 0.6 is 0 Å². The van der Waals surface area contributed by atoms with Gasteiger partial charge < -0.3 is 20.5 Å². The van der Waals surface area contributed by atoms with Gasteiger partial charge in [0, 0.05) is 19.8 Å². The highest BCUT2D eigenvalue weighted by molar-refractivity contribution is 5.99. The molecule has 0 aromatic heterocycles. The van der Waals surface area contributed by atoms with E-state index in [9.17, 15) is 14.0 Å². The smallest absolute Gasteiger partial charge is 0.337 e. The Morgan fingerprint density at radius 2 is 2.05 bits per heavy atom. The summed E-state index contributed by atoms with van der Waals surface area (Å²) in [4.78, 5) is 22.8. The van der Waals surface area contributed by atoms with Crippen molar-refractivity contribution < 1.29 is 23.8 Å². The number of halogens is 1. The maximum atomic E-state index is 13.0. The van der Waals surface area contributed by atoms with Gasteiger partial charge in [0.1, 0.15) is 5.82 Å². The predicted molar refractivity (Wildman–Crippen MR) is 73.9 cm³/mol. The highest BCUT2D eigenvalue weighted by atomic mass is 19.1. The third-order valence-corrected chi connectivity index (χ3v) is 3.35. The molecule has 2 rings (SSSR count). The predicted octanol–water partition coefficient (Wildman–Crippen LogP) is 2.07. The van der Waals surface area contributed by atoms with E-state index in [1.54, 1.807) is 0 Å². The summed E-state index contributed by atoms with van der Waals surface area (Å²) < 4.78 is 18.3. The van der Waals surface area contributed by atoms with E-state index in [0.717, 1.165) is 25.0 Å². The molecule has 114 valence electrons. The minimum Gasteiger partial charge on any atom is -0.478 e. The number of carbonyl (C=O) groups is 2. The Kier molecular flexibility index (Phi) is 5.10. The van der Waals surface area contributed by atoms with Crippen LogP contribution < -0.4 is 10.6 Å². The van der Waals surface area contributed by atoms with Crippen LogP contribution in [0.4, 0.5) is 14.9 Å². The molecule has 1 heterocycles. The van der Waals surface area contributed by atoms with E-state index in [0.29, 0.717) is 25.7 Å². The molecule has 0 spiro atoms. The lowest BCUT2D eigenvalue weighted by atomic mass is 10.0. The number of carbonyl (C=O) groups excluding carboxylic acids is 1. The Bertz CT molecular complexity index is 530. The van der Waals surface area contributed by atoms with Crippen LogP contribution in [0, 0.1) is 11.7 Å². The zero-order valence-electron chi connectivity index (χ0n) is 11.4. The van der Waals surface area contributed by atoms with Crippen molar-refractivity contribution in [2.75, 3.05) is 25.1 Å². The molecule has 0 bridgehead atoms. The number of hydrogen-bond donors (Lipinski definition) is 3. The zero-order valence-corrected chi connectivity index (χ0v) is 11.4. The molecule has 1 saturated heterocycles. The standard InChI is InChI=1S/C14H17FN2O4/c15-10-1-2-12(11(7-10)13(18)19)17-14(20)16-8-9-3-5-21-6-4-9/h1-2,7,9H,3-6,8H2,(H,18,19)(H2,16,17,20). The second-order valence-electron chi connectivity index (χ2n) is 4.89. The lowest BCUT2D eigenvalue weighted by molar-refractivity contribution is 0.0670. The van der Waals surface area contributed by atoms with Gasteiger partial charge in [-0.25, -0.2) is 14.0 Å². The van der Waals surface area contributed by atoms with Crippen molar-refractivity contribution >= 4 is 17.7 Å². The van der Waals surface area contributed by atoms with E-state index in [1.165, 1.54) is 6.07 Å². The summed E-state index contributed by atoms with van der Waals surface area (Å²) in [6.45, 7) is 1.88. The lowest BCUT2D eigenvalue weighted by Crippen LogP contribution is -2.35. The molecular formula is C14H17FN2O4. The van der Waals surface area contributed by atoms with Gasteiger partial charge in [0.15, 0.2) is 0 Å². The minimum absolute atomic E-state index is 0.0633. The minimum atomic E-state index is -1.30. The molecule has 3 N–H and O–H groups in total. The molecule has 0 saturated carbocycles. The number of amides is 2. The quantitative estimate of drug-likeness (QED) is 0.793. The monoisotopic (exact) mass is 296 g/mol. The normalized spacial score (nSPS) is 15.5. The summed E-state index contributed by atoms with van der Waals surface area (Å²) >= 11 is 0. The molecule has 0 aliphatic carbocycles. The summed E-state index contributed by atoms with van der Waals surface area (Å²) in [5, 5.41) is 14.1. The first-order valence-electron chi connectivity index (χ1n) is 6.71. The largest absolute Gasteiger partial charge is 0.478 e. The fourth-order valence-electron chi connectivity index (χ4n) is 2.16. The van der Waals surface area contributed by atoms with Gasteiger partial charge >= 0.3 is 12.0 Å². The summed E-state index contributed by atoms with van der Waals surface area (Å²) in [6, 6.07) is 2.69. The number of urea groups is 1. The van der Waals surface area contributed by atoms with Crippen LogP contribution in [0.3, 0.4) is 0 Å². The van der Waals surface area contributed by atoms with Crippen molar-refractivity contribution in [3.05, 3.63) is 29.6 Å². The van der Waals surface area contributed by atoms with Gasteiger partial charge in [-0.2, -0.15) is 0 Å². The number of nitrogens with one attached hydrogen (secondary N) is 2. The molecule has 1 aliphatic heterocycles. The van der Waals surface area contributed by atoms with Gasteiger partial charge in [-0.05, 0) is 37.0 Å². The first-order chi connectivity index (χ1) is 10.1. The van der Waals surface area contributed by atoms with Gasteiger partial charge in [-0.15, -0.1) is 0 Å². The first kappa shape index (κ1) is 15.2. The maximum absolute atomic E-state index is 13.0. The van der Waals surface area contributed by atoms with Crippen LogP contribution in [0.2, 0.25) is 0 Å². The fraction of sp³-hybridized carbons (Fsp3) is 0.429. The van der Waals surface area contributed by atoms with E-state index in [2.05, 4.69) is 10.6 Å². The SMILES string of the molecule is O=C(NCC1CCOCC1)Nc1ccc(F)cc1C(=O)O. The molecule has 0 radical (unpaired) electrons. The van der Waals surface area contributed by atoms with E-state index >= 15 is 0 Å². The molecule has 1 aromatic carbocycles. The summed E-state index contributed by atoms with van der Waals surface area (Å²) in [6.07, 6.45) is 1.77. The zero-order chi connectivity index (χ0) is 15.2.